The Morgan fingerprint density at radius 1 is 1.00 bits per heavy atom. The zero-order chi connectivity index (χ0) is 4.83. The van der Waals surface area contributed by atoms with Crippen LogP contribution in [0.15, 0.2) is 0 Å². The third-order valence-electron chi connectivity index (χ3n) is 0.283. The minimum absolute atomic E-state index is 0. The minimum Gasteiger partial charge on any atom is -0.384 e. The van der Waals surface area contributed by atoms with Gasteiger partial charge in [-0.15, -0.1) is 0 Å². The van der Waals surface area contributed by atoms with E-state index in [2.05, 4.69) is 11.8 Å². The molecule has 0 bridgehead atoms. The second-order valence-electron chi connectivity index (χ2n) is 0.670. The van der Waals surface area contributed by atoms with Gasteiger partial charge in [0.25, 0.3) is 0 Å². The summed E-state index contributed by atoms with van der Waals surface area (Å²) in [5.74, 6) is 4.51. The molecular weight excluding hydrogens is 92.1 g/mol. The maximum absolute atomic E-state index is 7.91. The number of aliphatic hydroxyl groups excluding tert-OH is 2. The summed E-state index contributed by atoms with van der Waals surface area (Å²) in [6.07, 6.45) is 0. The van der Waals surface area contributed by atoms with Crippen molar-refractivity contribution < 1.29 is 10.2 Å². The lowest BCUT2D eigenvalue weighted by Gasteiger charge is -1.66. The Morgan fingerprint density at radius 2 is 1.29 bits per heavy atom. The number of hydrogen-bond donors (Lipinski definition) is 2. The van der Waals surface area contributed by atoms with Gasteiger partial charge < -0.3 is 10.2 Å². The Hall–Kier alpha value is -0.520. The van der Waals surface area contributed by atoms with E-state index in [4.69, 9.17) is 10.2 Å². The summed E-state index contributed by atoms with van der Waals surface area (Å²) in [6, 6.07) is 0. The van der Waals surface area contributed by atoms with Crippen molar-refractivity contribution in [1.82, 2.24) is 0 Å². The second-order valence-corrected chi connectivity index (χ2v) is 0.670. The van der Waals surface area contributed by atoms with Gasteiger partial charge in [-0.05, 0) is 0 Å². The van der Waals surface area contributed by atoms with Crippen molar-refractivity contribution >= 4 is 0 Å². The SMILES string of the molecule is C.OCC#CCO. The average molecular weight is 102 g/mol. The molecular formula is C5H10O2. The van der Waals surface area contributed by atoms with Crippen molar-refractivity contribution in [2.75, 3.05) is 13.2 Å². The van der Waals surface area contributed by atoms with Crippen LogP contribution in [0.2, 0.25) is 0 Å². The van der Waals surface area contributed by atoms with E-state index in [1.165, 1.54) is 0 Å². The topological polar surface area (TPSA) is 40.5 Å². The van der Waals surface area contributed by atoms with E-state index in [0.717, 1.165) is 0 Å². The van der Waals surface area contributed by atoms with Crippen molar-refractivity contribution in [3.05, 3.63) is 0 Å². The van der Waals surface area contributed by atoms with Crippen LogP contribution in [-0.4, -0.2) is 23.4 Å². The summed E-state index contributed by atoms with van der Waals surface area (Å²) in [5, 5.41) is 15.8. The number of hydrogen-bond acceptors (Lipinski definition) is 2. The third-order valence-corrected chi connectivity index (χ3v) is 0.283. The van der Waals surface area contributed by atoms with Gasteiger partial charge in [0.2, 0.25) is 0 Å². The molecule has 0 atom stereocenters. The highest BCUT2D eigenvalue weighted by atomic mass is 16.3. The first-order valence-electron chi connectivity index (χ1n) is 1.59. The molecule has 0 aromatic carbocycles. The summed E-state index contributed by atoms with van der Waals surface area (Å²) in [6.45, 7) is -0.332. The Morgan fingerprint density at radius 3 is 1.43 bits per heavy atom. The molecule has 0 spiro atoms. The first-order valence-corrected chi connectivity index (χ1v) is 1.59. The van der Waals surface area contributed by atoms with Gasteiger partial charge >= 0.3 is 0 Å². The fraction of sp³-hybridized carbons (Fsp3) is 0.600. The molecule has 0 aliphatic rings. The molecule has 0 radical (unpaired) electrons. The first kappa shape index (κ1) is 9.70. The largest absolute Gasteiger partial charge is 0.384 e. The van der Waals surface area contributed by atoms with Crippen LogP contribution >= 0.6 is 0 Å². The molecule has 0 unspecified atom stereocenters. The first-order chi connectivity index (χ1) is 2.91. The minimum atomic E-state index is -0.166. The fourth-order valence-corrected chi connectivity index (χ4v) is 0.112. The Balaban J connectivity index is 0. The molecule has 0 fully saturated rings. The standard InChI is InChI=1S/C4H6O2.CH4/c5-3-1-2-4-6;/h5-6H,3-4H2;1H4. The molecule has 0 aromatic heterocycles. The Kier molecular flexibility index (Phi) is 12.6. The monoisotopic (exact) mass is 102 g/mol. The van der Waals surface area contributed by atoms with Gasteiger partial charge in [-0.2, -0.15) is 0 Å². The van der Waals surface area contributed by atoms with E-state index < -0.39 is 0 Å². The normalized spacial score (nSPS) is 5.43. The van der Waals surface area contributed by atoms with Crippen molar-refractivity contribution in [3.8, 4) is 11.8 Å². The average Bonchev–Trinajstić information content (AvgIpc) is 1.61. The van der Waals surface area contributed by atoms with Gasteiger partial charge in [-0.25, -0.2) is 0 Å². The van der Waals surface area contributed by atoms with Crippen molar-refractivity contribution in [2.24, 2.45) is 0 Å². The molecule has 0 saturated heterocycles. The molecule has 2 N–H and O–H groups in total. The molecule has 7 heavy (non-hydrogen) atoms. The van der Waals surface area contributed by atoms with Crippen molar-refractivity contribution in [1.29, 1.82) is 0 Å². The van der Waals surface area contributed by atoms with Gasteiger partial charge in [-0.1, -0.05) is 19.3 Å². The van der Waals surface area contributed by atoms with E-state index >= 15 is 0 Å². The molecule has 0 amide bonds. The van der Waals surface area contributed by atoms with Crippen LogP contribution in [0, 0.1) is 11.8 Å². The zero-order valence-corrected chi connectivity index (χ0v) is 3.31. The lowest BCUT2D eigenvalue weighted by molar-refractivity contribution is 0.342. The van der Waals surface area contributed by atoms with E-state index in [1.54, 1.807) is 0 Å². The second kappa shape index (κ2) is 9.08. The van der Waals surface area contributed by atoms with Crippen LogP contribution in [0.4, 0.5) is 0 Å². The van der Waals surface area contributed by atoms with Crippen LogP contribution in [0.1, 0.15) is 7.43 Å². The van der Waals surface area contributed by atoms with Crippen LogP contribution < -0.4 is 0 Å². The molecule has 0 heterocycles. The summed E-state index contributed by atoms with van der Waals surface area (Å²) in [4.78, 5) is 0. The maximum atomic E-state index is 7.91. The lowest BCUT2D eigenvalue weighted by atomic mass is 10.6. The van der Waals surface area contributed by atoms with Gasteiger partial charge in [-0.3, -0.25) is 0 Å². The predicted molar refractivity (Wildman–Crippen MR) is 28.7 cm³/mol. The van der Waals surface area contributed by atoms with E-state index in [9.17, 15) is 0 Å². The quantitative estimate of drug-likeness (QED) is 0.409. The number of rotatable bonds is 0. The molecule has 2 nitrogen and oxygen atoms in total. The molecule has 42 valence electrons. The Bertz CT molecular complexity index is 59.9. The van der Waals surface area contributed by atoms with Gasteiger partial charge in [0.1, 0.15) is 13.2 Å². The lowest BCUT2D eigenvalue weighted by Crippen LogP contribution is -1.74. The molecule has 0 saturated carbocycles. The predicted octanol–water partition coefficient (Wildman–Crippen LogP) is -0.390. The highest BCUT2D eigenvalue weighted by molar-refractivity contribution is 4.97. The van der Waals surface area contributed by atoms with Gasteiger partial charge in [0, 0.05) is 0 Å². The smallest absolute Gasteiger partial charge is 0.104 e. The van der Waals surface area contributed by atoms with E-state index in [-0.39, 0.29) is 20.6 Å². The molecule has 0 aromatic rings. The van der Waals surface area contributed by atoms with Crippen LogP contribution in [0.3, 0.4) is 0 Å². The van der Waals surface area contributed by atoms with E-state index in [0.29, 0.717) is 0 Å². The molecule has 2 heteroatoms. The summed E-state index contributed by atoms with van der Waals surface area (Å²) in [7, 11) is 0. The highest BCUT2D eigenvalue weighted by Gasteiger charge is 1.57. The van der Waals surface area contributed by atoms with Gasteiger partial charge in [0.15, 0.2) is 0 Å². The third kappa shape index (κ3) is 10.8. The maximum Gasteiger partial charge on any atom is 0.104 e. The summed E-state index contributed by atoms with van der Waals surface area (Å²) >= 11 is 0. The highest BCUT2D eigenvalue weighted by Crippen LogP contribution is 1.48. The summed E-state index contributed by atoms with van der Waals surface area (Å²) < 4.78 is 0. The van der Waals surface area contributed by atoms with Crippen LogP contribution in [0.25, 0.3) is 0 Å². The van der Waals surface area contributed by atoms with E-state index in [1.807, 2.05) is 0 Å². The fourth-order valence-electron chi connectivity index (χ4n) is 0.112. The Labute approximate surface area is 43.8 Å². The molecule has 0 rings (SSSR count). The molecule has 0 aliphatic heterocycles. The summed E-state index contributed by atoms with van der Waals surface area (Å²) in [5.41, 5.74) is 0. The van der Waals surface area contributed by atoms with Gasteiger partial charge in [0.05, 0.1) is 0 Å². The van der Waals surface area contributed by atoms with Crippen LogP contribution in [-0.2, 0) is 0 Å². The number of aliphatic hydroxyl groups is 2. The van der Waals surface area contributed by atoms with Crippen molar-refractivity contribution in [2.45, 2.75) is 7.43 Å². The van der Waals surface area contributed by atoms with Crippen LogP contribution in [0.5, 0.6) is 0 Å². The zero-order valence-electron chi connectivity index (χ0n) is 3.31. The van der Waals surface area contributed by atoms with Crippen molar-refractivity contribution in [3.63, 3.8) is 0 Å². The molecule has 0 aliphatic carbocycles.